The molecule has 13 rings (SSSR count). The summed E-state index contributed by atoms with van der Waals surface area (Å²) in [6.45, 7) is 0. The van der Waals surface area contributed by atoms with Crippen LogP contribution >= 0.6 is 0 Å². The number of rotatable bonds is 9. The molecule has 3 aromatic heterocycles. The van der Waals surface area contributed by atoms with Crippen molar-refractivity contribution in [1.29, 1.82) is 0 Å². The highest BCUT2D eigenvalue weighted by Crippen LogP contribution is 2.41. The third-order valence-electron chi connectivity index (χ3n) is 13.7. The van der Waals surface area contributed by atoms with Crippen LogP contribution in [0.15, 0.2) is 273 Å². The highest BCUT2D eigenvalue weighted by atomic mass is 15.0. The Hall–Kier alpha value is -9.18. The molecule has 324 valence electrons. The average molecular weight is 880 g/mol. The number of aromatic nitrogens is 3. The lowest BCUT2D eigenvalue weighted by molar-refractivity contribution is 1.13. The first kappa shape index (κ1) is 40.1. The number of para-hydroxylation sites is 6. The molecular formula is C66H45N3. The van der Waals surface area contributed by atoms with E-state index >= 15 is 0 Å². The number of benzene rings is 10. The van der Waals surface area contributed by atoms with Crippen LogP contribution < -0.4 is 0 Å². The Bertz CT molecular complexity index is 3570. The molecule has 0 aliphatic carbocycles. The van der Waals surface area contributed by atoms with Gasteiger partial charge >= 0.3 is 0 Å². The Balaban J connectivity index is 0.969. The summed E-state index contributed by atoms with van der Waals surface area (Å²) >= 11 is 0. The van der Waals surface area contributed by atoms with Gasteiger partial charge in [-0.05, 0) is 141 Å². The zero-order chi connectivity index (χ0) is 45.7. The maximum atomic E-state index is 2.37. The third-order valence-corrected chi connectivity index (χ3v) is 13.7. The first-order valence-electron chi connectivity index (χ1n) is 23.6. The van der Waals surface area contributed by atoms with Crippen LogP contribution in [-0.4, -0.2) is 13.7 Å². The molecule has 3 nitrogen and oxygen atoms in total. The van der Waals surface area contributed by atoms with Gasteiger partial charge in [-0.25, -0.2) is 0 Å². The van der Waals surface area contributed by atoms with Crippen LogP contribution in [0.3, 0.4) is 0 Å². The van der Waals surface area contributed by atoms with Gasteiger partial charge in [0.2, 0.25) is 0 Å². The molecule has 0 bridgehead atoms. The van der Waals surface area contributed by atoms with E-state index in [1.54, 1.807) is 0 Å². The second-order valence-electron chi connectivity index (χ2n) is 17.8. The van der Waals surface area contributed by atoms with E-state index in [0.29, 0.717) is 0 Å². The predicted molar refractivity (Wildman–Crippen MR) is 290 cm³/mol. The summed E-state index contributed by atoms with van der Waals surface area (Å²) in [4.78, 5) is 0. The summed E-state index contributed by atoms with van der Waals surface area (Å²) in [5.41, 5.74) is 21.1. The number of fused-ring (bicyclic) bond motifs is 3. The fourth-order valence-corrected chi connectivity index (χ4v) is 10.4. The van der Waals surface area contributed by atoms with E-state index < -0.39 is 0 Å². The van der Waals surface area contributed by atoms with E-state index in [2.05, 4.69) is 287 Å². The van der Waals surface area contributed by atoms with Crippen molar-refractivity contribution in [2.75, 3.05) is 0 Å². The molecule has 13 aromatic rings. The minimum absolute atomic E-state index is 1.15. The van der Waals surface area contributed by atoms with Gasteiger partial charge in [0.25, 0.3) is 0 Å². The van der Waals surface area contributed by atoms with Crippen LogP contribution in [0, 0.1) is 0 Å². The van der Waals surface area contributed by atoms with Gasteiger partial charge in [-0.1, -0.05) is 164 Å². The fraction of sp³-hybridized carbons (Fsp3) is 0. The predicted octanol–water partition coefficient (Wildman–Crippen LogP) is 17.5. The maximum Gasteiger partial charge on any atom is 0.0534 e. The van der Waals surface area contributed by atoms with Gasteiger partial charge in [-0.15, -0.1) is 0 Å². The molecule has 0 aliphatic rings. The third kappa shape index (κ3) is 7.25. The molecular weight excluding hydrogens is 835 g/mol. The molecule has 10 aromatic carbocycles. The van der Waals surface area contributed by atoms with E-state index in [9.17, 15) is 0 Å². The SMILES string of the molecule is c1ccc(-n2cc(-c3cccc(-c4cc(-c5cccc(-c6cn(-c7ccccc7)c7ccccc67)c5)cc(-c5cccc(-c6cn(-c7ccccc7)c7ccccc67)c5)c4)c3)c3ccccc32)cc1. The second-order valence-corrected chi connectivity index (χ2v) is 17.8. The zero-order valence-electron chi connectivity index (χ0n) is 37.8. The minimum atomic E-state index is 1.15. The van der Waals surface area contributed by atoms with Gasteiger partial charge in [0, 0.05) is 68.5 Å². The summed E-state index contributed by atoms with van der Waals surface area (Å²) in [5.74, 6) is 0. The fourth-order valence-electron chi connectivity index (χ4n) is 10.4. The average Bonchev–Trinajstić information content (AvgIpc) is 4.15. The van der Waals surface area contributed by atoms with E-state index in [4.69, 9.17) is 0 Å². The van der Waals surface area contributed by atoms with Gasteiger partial charge in [-0.3, -0.25) is 0 Å². The Kier molecular flexibility index (Phi) is 9.84. The normalized spacial score (nSPS) is 11.5. The summed E-state index contributed by atoms with van der Waals surface area (Å²) in [6, 6.07) is 92.4. The Morgan fingerprint density at radius 2 is 0.435 bits per heavy atom. The van der Waals surface area contributed by atoms with Crippen LogP contribution in [0.4, 0.5) is 0 Å². The smallest absolute Gasteiger partial charge is 0.0534 e. The molecule has 3 heterocycles. The molecule has 0 radical (unpaired) electrons. The van der Waals surface area contributed by atoms with Crippen molar-refractivity contribution in [3.63, 3.8) is 0 Å². The molecule has 0 amide bonds. The van der Waals surface area contributed by atoms with Crippen molar-refractivity contribution in [1.82, 2.24) is 13.7 Å². The highest BCUT2D eigenvalue weighted by Gasteiger charge is 2.17. The molecule has 3 heteroatoms. The van der Waals surface area contributed by atoms with Gasteiger partial charge < -0.3 is 13.7 Å². The van der Waals surface area contributed by atoms with E-state index in [1.807, 2.05) is 0 Å². The monoisotopic (exact) mass is 879 g/mol. The first-order chi connectivity index (χ1) is 34.2. The van der Waals surface area contributed by atoms with Crippen molar-refractivity contribution in [2.45, 2.75) is 0 Å². The lowest BCUT2D eigenvalue weighted by Crippen LogP contribution is -1.90. The molecule has 0 saturated heterocycles. The number of nitrogens with zero attached hydrogens (tertiary/aromatic N) is 3. The van der Waals surface area contributed by atoms with Crippen molar-refractivity contribution in [3.8, 4) is 83.8 Å². The van der Waals surface area contributed by atoms with Crippen molar-refractivity contribution < 1.29 is 0 Å². The van der Waals surface area contributed by atoms with Crippen LogP contribution in [0.1, 0.15) is 0 Å². The van der Waals surface area contributed by atoms with Crippen LogP contribution in [0.25, 0.3) is 117 Å². The van der Waals surface area contributed by atoms with Crippen molar-refractivity contribution in [2.24, 2.45) is 0 Å². The topological polar surface area (TPSA) is 14.8 Å². The van der Waals surface area contributed by atoms with Crippen molar-refractivity contribution >= 4 is 32.7 Å². The molecule has 0 N–H and O–H groups in total. The Morgan fingerprint density at radius 1 is 0.188 bits per heavy atom. The molecule has 0 fully saturated rings. The summed E-state index contributed by atoms with van der Waals surface area (Å²) in [5, 5.41) is 3.68. The number of hydrogen-bond acceptors (Lipinski definition) is 0. The maximum absolute atomic E-state index is 2.37. The van der Waals surface area contributed by atoms with Crippen LogP contribution in [0.2, 0.25) is 0 Å². The molecule has 0 saturated carbocycles. The molecule has 0 spiro atoms. The first-order valence-corrected chi connectivity index (χ1v) is 23.6. The summed E-state index contributed by atoms with van der Waals surface area (Å²) in [7, 11) is 0. The van der Waals surface area contributed by atoms with Gasteiger partial charge in [0.15, 0.2) is 0 Å². The second kappa shape index (κ2) is 16.9. The Labute approximate surface area is 401 Å². The van der Waals surface area contributed by atoms with Gasteiger partial charge in [0.05, 0.1) is 16.6 Å². The minimum Gasteiger partial charge on any atom is -0.316 e. The molecule has 0 unspecified atom stereocenters. The largest absolute Gasteiger partial charge is 0.316 e. The zero-order valence-corrected chi connectivity index (χ0v) is 37.8. The van der Waals surface area contributed by atoms with Crippen LogP contribution in [0.5, 0.6) is 0 Å². The number of hydrogen-bond donors (Lipinski definition) is 0. The van der Waals surface area contributed by atoms with E-state index in [1.165, 1.54) is 66.1 Å². The molecule has 0 atom stereocenters. The lowest BCUT2D eigenvalue weighted by atomic mass is 9.90. The van der Waals surface area contributed by atoms with E-state index in [-0.39, 0.29) is 0 Å². The Morgan fingerprint density at radius 3 is 0.739 bits per heavy atom. The molecule has 69 heavy (non-hydrogen) atoms. The summed E-state index contributed by atoms with van der Waals surface area (Å²) < 4.78 is 6.93. The molecule has 0 aliphatic heterocycles. The highest BCUT2D eigenvalue weighted by molar-refractivity contribution is 6.01. The van der Waals surface area contributed by atoms with Gasteiger partial charge in [0.1, 0.15) is 0 Å². The van der Waals surface area contributed by atoms with Crippen molar-refractivity contribution in [3.05, 3.63) is 273 Å². The van der Waals surface area contributed by atoms with E-state index in [0.717, 1.165) is 50.4 Å². The quantitative estimate of drug-likeness (QED) is 0.137. The summed E-state index contributed by atoms with van der Waals surface area (Å²) in [6.07, 6.45) is 6.88. The van der Waals surface area contributed by atoms with Gasteiger partial charge in [-0.2, -0.15) is 0 Å². The van der Waals surface area contributed by atoms with Crippen LogP contribution in [-0.2, 0) is 0 Å². The lowest BCUT2D eigenvalue weighted by Gasteiger charge is -2.14. The standard InChI is InChI=1S/C66H45N3/c1-4-25-55(26-5-1)67-43-61(58-31-10-13-34-64(58)67)49-22-16-19-46(37-49)52-40-53(47-20-17-23-50(38-47)62-44-68(56-27-6-2-7-28-56)65-35-14-11-32-59(62)65)42-54(41-52)48-21-18-24-51(39-48)63-45-69(57-29-8-3-9-30-57)66-36-15-12-33-60(63)66/h1-45H.